The minimum atomic E-state index is -0.944. The van der Waals surface area contributed by atoms with Crippen LogP contribution < -0.4 is 10.2 Å². The maximum absolute atomic E-state index is 11.3. The average molecular weight is 469 g/mol. The predicted octanol–water partition coefficient (Wildman–Crippen LogP) is 5.36. The Morgan fingerprint density at radius 3 is 2.35 bits per heavy atom. The molecule has 0 radical (unpaired) electrons. The van der Waals surface area contributed by atoms with Gasteiger partial charge in [0.2, 0.25) is 0 Å². The fourth-order valence-corrected chi connectivity index (χ4v) is 5.00. The van der Waals surface area contributed by atoms with Gasteiger partial charge in [0.15, 0.2) is 5.11 Å². The molecule has 2 N–H and O–H groups in total. The standard InChI is InChI=1S/C27H24N4O2S/c1-17-14-18(2)16-21(15-17)31-25(24(29-27(31)34)22-6-3-4-12-28-22)23-7-5-13-30(23)20-10-8-19(9-11-20)26(32)33/h3-16,24-25H,1-2H3,(H,29,34)(H,32,33)/t24-,25+/m0/s1. The van der Waals surface area contributed by atoms with Crippen molar-refractivity contribution in [3.05, 3.63) is 113 Å². The van der Waals surface area contributed by atoms with E-state index in [0.29, 0.717) is 5.11 Å². The number of carboxylic acid groups (broad SMARTS) is 1. The van der Waals surface area contributed by atoms with E-state index in [9.17, 15) is 9.90 Å². The first-order chi connectivity index (χ1) is 16.4. The first-order valence-corrected chi connectivity index (χ1v) is 11.4. The van der Waals surface area contributed by atoms with E-state index in [2.05, 4.69) is 57.9 Å². The van der Waals surface area contributed by atoms with E-state index in [0.717, 1.165) is 33.9 Å². The predicted molar refractivity (Wildman–Crippen MR) is 137 cm³/mol. The molecule has 2 aromatic carbocycles. The lowest BCUT2D eigenvalue weighted by Gasteiger charge is -2.29. The molecule has 2 atom stereocenters. The Balaban J connectivity index is 1.66. The van der Waals surface area contributed by atoms with Crippen LogP contribution in [-0.2, 0) is 0 Å². The minimum absolute atomic E-state index is 0.165. The Kier molecular flexibility index (Phi) is 5.63. The van der Waals surface area contributed by atoms with Gasteiger partial charge in [0.05, 0.1) is 17.3 Å². The third-order valence-electron chi connectivity index (χ3n) is 6.06. The van der Waals surface area contributed by atoms with Crippen molar-refractivity contribution in [1.82, 2.24) is 14.9 Å². The van der Waals surface area contributed by atoms with Crippen molar-refractivity contribution in [3.63, 3.8) is 0 Å². The van der Waals surface area contributed by atoms with Gasteiger partial charge in [-0.15, -0.1) is 0 Å². The molecule has 0 unspecified atom stereocenters. The molecule has 34 heavy (non-hydrogen) atoms. The molecule has 1 aliphatic rings. The van der Waals surface area contributed by atoms with Crippen LogP contribution in [0.2, 0.25) is 0 Å². The first kappa shape index (κ1) is 21.9. The Morgan fingerprint density at radius 1 is 0.971 bits per heavy atom. The van der Waals surface area contributed by atoms with Crippen molar-refractivity contribution >= 4 is 29.0 Å². The van der Waals surface area contributed by atoms with Crippen molar-refractivity contribution < 1.29 is 9.90 Å². The normalized spacial score (nSPS) is 17.6. The second kappa shape index (κ2) is 8.76. The average Bonchev–Trinajstić information content (AvgIpc) is 3.43. The number of benzene rings is 2. The lowest BCUT2D eigenvalue weighted by molar-refractivity contribution is 0.0697. The summed E-state index contributed by atoms with van der Waals surface area (Å²) in [6.07, 6.45) is 3.78. The molecule has 0 aliphatic carbocycles. The molecule has 1 aliphatic heterocycles. The van der Waals surface area contributed by atoms with Crippen molar-refractivity contribution in [2.45, 2.75) is 25.9 Å². The number of anilines is 1. The van der Waals surface area contributed by atoms with Crippen LogP contribution in [0.1, 0.15) is 45.0 Å². The number of carbonyl (C=O) groups is 1. The van der Waals surface area contributed by atoms with Crippen LogP contribution in [0.4, 0.5) is 5.69 Å². The third-order valence-corrected chi connectivity index (χ3v) is 6.37. The molecule has 5 rings (SSSR count). The van der Waals surface area contributed by atoms with Crippen LogP contribution >= 0.6 is 12.2 Å². The van der Waals surface area contributed by atoms with Gasteiger partial charge in [-0.25, -0.2) is 4.79 Å². The van der Waals surface area contributed by atoms with Crippen LogP contribution in [-0.4, -0.2) is 25.7 Å². The second-order valence-corrected chi connectivity index (χ2v) is 8.88. The van der Waals surface area contributed by atoms with E-state index in [-0.39, 0.29) is 17.6 Å². The van der Waals surface area contributed by atoms with E-state index < -0.39 is 5.97 Å². The number of thiocarbonyl (C=S) groups is 1. The zero-order valence-corrected chi connectivity index (χ0v) is 19.7. The molecule has 0 amide bonds. The number of hydrogen-bond acceptors (Lipinski definition) is 3. The second-order valence-electron chi connectivity index (χ2n) is 8.50. The number of aromatic nitrogens is 2. The Labute approximate surface area is 203 Å². The number of aromatic carboxylic acids is 1. The third kappa shape index (κ3) is 3.95. The van der Waals surface area contributed by atoms with Gasteiger partial charge in [0, 0.05) is 29.5 Å². The zero-order valence-electron chi connectivity index (χ0n) is 18.8. The van der Waals surface area contributed by atoms with Crippen molar-refractivity contribution in [2.75, 3.05) is 4.90 Å². The molecule has 1 fully saturated rings. The highest BCUT2D eigenvalue weighted by molar-refractivity contribution is 7.80. The number of nitrogens with zero attached hydrogens (tertiary/aromatic N) is 3. The van der Waals surface area contributed by atoms with Gasteiger partial charge < -0.3 is 19.9 Å². The molecule has 0 saturated carbocycles. The SMILES string of the molecule is Cc1cc(C)cc(N2C(=S)N[C@@H](c3ccccn3)[C@H]2c2cccn2-c2ccc(C(=O)O)cc2)c1. The van der Waals surface area contributed by atoms with Crippen LogP contribution in [0.25, 0.3) is 5.69 Å². The largest absolute Gasteiger partial charge is 0.478 e. The smallest absolute Gasteiger partial charge is 0.335 e. The summed E-state index contributed by atoms with van der Waals surface area (Å²) in [5.74, 6) is -0.944. The van der Waals surface area contributed by atoms with Crippen LogP contribution in [0.15, 0.2) is 85.2 Å². The summed E-state index contributed by atoms with van der Waals surface area (Å²) >= 11 is 5.86. The zero-order chi connectivity index (χ0) is 23.8. The molecule has 6 nitrogen and oxygen atoms in total. The summed E-state index contributed by atoms with van der Waals surface area (Å²) in [4.78, 5) is 18.1. The summed E-state index contributed by atoms with van der Waals surface area (Å²) < 4.78 is 2.08. The van der Waals surface area contributed by atoms with E-state index in [1.165, 1.54) is 0 Å². The summed E-state index contributed by atoms with van der Waals surface area (Å²) in [6.45, 7) is 4.17. The number of rotatable bonds is 5. The van der Waals surface area contributed by atoms with Gasteiger partial charge in [-0.05, 0) is 97.9 Å². The van der Waals surface area contributed by atoms with Gasteiger partial charge in [-0.3, -0.25) is 4.98 Å². The van der Waals surface area contributed by atoms with Crippen LogP contribution in [0, 0.1) is 13.8 Å². The molecule has 4 aromatic rings. The van der Waals surface area contributed by atoms with Gasteiger partial charge in [0.25, 0.3) is 0 Å². The fraction of sp³-hybridized carbons (Fsp3) is 0.148. The van der Waals surface area contributed by atoms with E-state index in [4.69, 9.17) is 12.2 Å². The lowest BCUT2D eigenvalue weighted by Crippen LogP contribution is -2.30. The number of aryl methyl sites for hydroxylation is 2. The lowest BCUT2D eigenvalue weighted by atomic mass is 10.00. The molecular weight excluding hydrogens is 444 g/mol. The summed E-state index contributed by atoms with van der Waals surface area (Å²) in [6, 6.07) is 23.0. The van der Waals surface area contributed by atoms with Crippen molar-refractivity contribution in [1.29, 1.82) is 0 Å². The summed E-state index contributed by atoms with van der Waals surface area (Å²) in [5, 5.41) is 13.4. The fourth-order valence-electron chi connectivity index (χ4n) is 4.66. The Morgan fingerprint density at radius 2 is 1.71 bits per heavy atom. The van der Waals surface area contributed by atoms with Gasteiger partial charge in [0.1, 0.15) is 6.04 Å². The first-order valence-electron chi connectivity index (χ1n) is 11.0. The molecular formula is C27H24N4O2S. The maximum Gasteiger partial charge on any atom is 0.335 e. The molecule has 0 spiro atoms. The number of pyridine rings is 1. The highest BCUT2D eigenvalue weighted by Crippen LogP contribution is 2.42. The van der Waals surface area contributed by atoms with Gasteiger partial charge in [-0.2, -0.15) is 0 Å². The van der Waals surface area contributed by atoms with Crippen LogP contribution in [0.3, 0.4) is 0 Å². The summed E-state index contributed by atoms with van der Waals surface area (Å²) in [7, 11) is 0. The number of carboxylic acids is 1. The molecule has 170 valence electrons. The highest BCUT2D eigenvalue weighted by Gasteiger charge is 2.42. The maximum atomic E-state index is 11.3. The number of hydrogen-bond donors (Lipinski definition) is 2. The van der Waals surface area contributed by atoms with E-state index in [1.54, 1.807) is 18.3 Å². The topological polar surface area (TPSA) is 70.4 Å². The quantitative estimate of drug-likeness (QED) is 0.384. The van der Waals surface area contributed by atoms with Crippen LogP contribution in [0.5, 0.6) is 0 Å². The molecule has 2 aromatic heterocycles. The molecule has 3 heterocycles. The van der Waals surface area contributed by atoms with Gasteiger partial charge in [-0.1, -0.05) is 12.1 Å². The summed E-state index contributed by atoms with van der Waals surface area (Å²) in [5.41, 5.74) is 6.40. The monoisotopic (exact) mass is 468 g/mol. The van der Waals surface area contributed by atoms with Crippen molar-refractivity contribution in [2.24, 2.45) is 0 Å². The van der Waals surface area contributed by atoms with Gasteiger partial charge >= 0.3 is 5.97 Å². The molecule has 7 heteroatoms. The highest BCUT2D eigenvalue weighted by atomic mass is 32.1. The molecule has 1 saturated heterocycles. The van der Waals surface area contributed by atoms with E-state index in [1.807, 2.05) is 42.6 Å². The Hall–Kier alpha value is -3.97. The van der Waals surface area contributed by atoms with E-state index >= 15 is 0 Å². The number of nitrogens with one attached hydrogen (secondary N) is 1. The molecule has 0 bridgehead atoms. The Bertz CT molecular complexity index is 1340. The minimum Gasteiger partial charge on any atom is -0.478 e. The van der Waals surface area contributed by atoms with Crippen molar-refractivity contribution in [3.8, 4) is 5.69 Å².